The number of hydrogen-bond donors (Lipinski definition) is 2. The average molecular weight is 677 g/mol. The number of aromatic nitrogens is 1. The van der Waals surface area contributed by atoms with E-state index in [2.05, 4.69) is 47.4 Å². The minimum atomic E-state index is -0.579. The summed E-state index contributed by atoms with van der Waals surface area (Å²) in [6.45, 7) is 0. The summed E-state index contributed by atoms with van der Waals surface area (Å²) in [5, 5.41) is 5.03. The number of benzene rings is 4. The van der Waals surface area contributed by atoms with Crippen molar-refractivity contribution >= 4 is 60.9 Å². The number of halogens is 2. The zero-order valence-electron chi connectivity index (χ0n) is 21.9. The van der Waals surface area contributed by atoms with Crippen LogP contribution in [0.25, 0.3) is 22.0 Å². The number of fused-ring (bicyclic) bond motifs is 1. The molecule has 0 spiro atoms. The Kier molecular flexibility index (Phi) is 8.51. The third-order valence-electron chi connectivity index (χ3n) is 6.21. The Labute approximate surface area is 252 Å². The molecule has 0 radical (unpaired) electrons. The maximum atomic E-state index is 13.4. The normalized spacial score (nSPS) is 11.0. The van der Waals surface area contributed by atoms with Crippen LogP contribution in [-0.2, 0) is 0 Å². The molecule has 1 aromatic heterocycles. The summed E-state index contributed by atoms with van der Waals surface area (Å²) < 4.78 is 17.7. The summed E-state index contributed by atoms with van der Waals surface area (Å²) in [5.41, 5.74) is 5.98. The van der Waals surface area contributed by atoms with Gasteiger partial charge in [0, 0.05) is 21.0 Å². The van der Waals surface area contributed by atoms with Crippen LogP contribution in [0.15, 0.2) is 99.0 Å². The summed E-state index contributed by atoms with van der Waals surface area (Å²) in [4.78, 5) is 29.5. The minimum Gasteiger partial charge on any atom is -0.497 e. The standard InChI is InChI=1S/C31H23Br2N3O5/c1-39-22-11-6-10-19(15-22)31(38)41-29-20(14-21(32)16-24(29)33)17-34-36-30(37)28-26(18-8-4-3-5-9-18)23-12-7-13-25(40-2)27(23)35-28/h3-17,35H,1-2H3,(H,36,37). The van der Waals surface area contributed by atoms with Crippen molar-refractivity contribution in [1.82, 2.24) is 10.4 Å². The van der Waals surface area contributed by atoms with Crippen molar-refractivity contribution in [3.05, 3.63) is 111 Å². The number of carbonyl (C=O) groups is 2. The third kappa shape index (κ3) is 6.03. The predicted octanol–water partition coefficient (Wildman–Crippen LogP) is 7.36. The van der Waals surface area contributed by atoms with E-state index in [1.54, 1.807) is 43.5 Å². The van der Waals surface area contributed by atoms with E-state index in [0.29, 0.717) is 42.8 Å². The van der Waals surface area contributed by atoms with Crippen molar-refractivity contribution in [3.63, 3.8) is 0 Å². The van der Waals surface area contributed by atoms with Crippen LogP contribution in [-0.4, -0.2) is 37.3 Å². The van der Waals surface area contributed by atoms with Crippen LogP contribution in [0, 0.1) is 0 Å². The van der Waals surface area contributed by atoms with Crippen LogP contribution >= 0.6 is 31.9 Å². The number of para-hydroxylation sites is 1. The van der Waals surface area contributed by atoms with E-state index in [0.717, 1.165) is 16.5 Å². The number of carbonyl (C=O) groups excluding carboxylic acids is 2. The second kappa shape index (κ2) is 12.4. The van der Waals surface area contributed by atoms with E-state index in [1.165, 1.54) is 13.3 Å². The lowest BCUT2D eigenvalue weighted by Crippen LogP contribution is -2.19. The zero-order valence-corrected chi connectivity index (χ0v) is 25.1. The highest BCUT2D eigenvalue weighted by Gasteiger charge is 2.21. The van der Waals surface area contributed by atoms with E-state index in [9.17, 15) is 9.59 Å². The number of nitrogens with zero attached hydrogens (tertiary/aromatic N) is 1. The van der Waals surface area contributed by atoms with Gasteiger partial charge in [0.25, 0.3) is 5.91 Å². The van der Waals surface area contributed by atoms with Crippen LogP contribution in [0.3, 0.4) is 0 Å². The first-order valence-corrected chi connectivity index (χ1v) is 13.9. The van der Waals surface area contributed by atoms with E-state index < -0.39 is 11.9 Å². The van der Waals surface area contributed by atoms with Crippen molar-refractivity contribution in [2.45, 2.75) is 0 Å². The largest absolute Gasteiger partial charge is 0.497 e. The molecular formula is C31H23Br2N3O5. The fourth-order valence-corrected chi connectivity index (χ4v) is 5.68. The van der Waals surface area contributed by atoms with Crippen LogP contribution in [0.1, 0.15) is 26.4 Å². The fourth-order valence-electron chi connectivity index (χ4n) is 4.34. The van der Waals surface area contributed by atoms with Gasteiger partial charge in [-0.3, -0.25) is 4.79 Å². The van der Waals surface area contributed by atoms with Gasteiger partial charge in [0.05, 0.1) is 36.0 Å². The number of rotatable bonds is 8. The van der Waals surface area contributed by atoms with E-state index in [4.69, 9.17) is 14.2 Å². The lowest BCUT2D eigenvalue weighted by atomic mass is 10.0. The van der Waals surface area contributed by atoms with Gasteiger partial charge in [0.15, 0.2) is 5.75 Å². The maximum absolute atomic E-state index is 13.4. The molecule has 206 valence electrons. The van der Waals surface area contributed by atoms with Crippen molar-refractivity contribution in [3.8, 4) is 28.4 Å². The number of esters is 1. The number of ether oxygens (including phenoxy) is 3. The van der Waals surface area contributed by atoms with Gasteiger partial charge in [-0.2, -0.15) is 5.10 Å². The van der Waals surface area contributed by atoms with Crippen molar-refractivity contribution in [2.75, 3.05) is 14.2 Å². The van der Waals surface area contributed by atoms with Crippen molar-refractivity contribution < 1.29 is 23.8 Å². The molecule has 4 aromatic carbocycles. The van der Waals surface area contributed by atoms with Crippen molar-refractivity contribution in [1.29, 1.82) is 0 Å². The number of nitrogens with one attached hydrogen (secondary N) is 2. The zero-order chi connectivity index (χ0) is 28.9. The number of methoxy groups -OCH3 is 2. The molecule has 5 aromatic rings. The Bertz CT molecular complexity index is 1780. The van der Waals surface area contributed by atoms with Crippen LogP contribution in [0.2, 0.25) is 0 Å². The van der Waals surface area contributed by atoms with Gasteiger partial charge in [0.2, 0.25) is 0 Å². The minimum absolute atomic E-state index is 0.236. The number of hydrogen-bond acceptors (Lipinski definition) is 6. The molecule has 0 aliphatic rings. The van der Waals surface area contributed by atoms with Gasteiger partial charge in [-0.05, 0) is 57.9 Å². The Balaban J connectivity index is 1.45. The number of amides is 1. The number of hydrazone groups is 1. The smallest absolute Gasteiger partial charge is 0.343 e. The highest BCUT2D eigenvalue weighted by atomic mass is 79.9. The molecule has 0 fully saturated rings. The van der Waals surface area contributed by atoms with Crippen LogP contribution < -0.4 is 19.6 Å². The Morgan fingerprint density at radius 2 is 1.68 bits per heavy atom. The SMILES string of the molecule is COc1cccc(C(=O)Oc2c(Br)cc(Br)cc2C=NNC(=O)c2[nH]c3c(OC)cccc3c2-c2ccccc2)c1. The molecule has 0 aliphatic heterocycles. The van der Waals surface area contributed by atoms with E-state index >= 15 is 0 Å². The quantitative estimate of drug-likeness (QED) is 0.0774. The summed E-state index contributed by atoms with van der Waals surface area (Å²) in [7, 11) is 3.10. The number of aromatic amines is 1. The molecule has 0 saturated heterocycles. The molecule has 8 nitrogen and oxygen atoms in total. The number of H-pyrrole nitrogens is 1. The molecule has 0 unspecified atom stereocenters. The van der Waals surface area contributed by atoms with Gasteiger partial charge in [0.1, 0.15) is 17.2 Å². The Morgan fingerprint density at radius 1 is 0.902 bits per heavy atom. The first-order chi connectivity index (χ1) is 19.9. The molecule has 2 N–H and O–H groups in total. The van der Waals surface area contributed by atoms with Gasteiger partial charge < -0.3 is 19.2 Å². The van der Waals surface area contributed by atoms with Crippen LogP contribution in [0.5, 0.6) is 17.2 Å². The summed E-state index contributed by atoms with van der Waals surface area (Å²) in [6.07, 6.45) is 1.41. The highest BCUT2D eigenvalue weighted by molar-refractivity contribution is 9.11. The Hall–Kier alpha value is -4.41. The fraction of sp³-hybridized carbons (Fsp3) is 0.0645. The summed E-state index contributed by atoms with van der Waals surface area (Å²) in [6, 6.07) is 25.4. The van der Waals surface area contributed by atoms with E-state index in [1.807, 2.05) is 48.5 Å². The second-order valence-electron chi connectivity index (χ2n) is 8.75. The molecule has 41 heavy (non-hydrogen) atoms. The molecule has 0 bridgehead atoms. The van der Waals surface area contributed by atoms with Gasteiger partial charge in [-0.25, -0.2) is 10.2 Å². The molecule has 1 heterocycles. The second-order valence-corrected chi connectivity index (χ2v) is 10.5. The molecule has 1 amide bonds. The van der Waals surface area contributed by atoms with Crippen molar-refractivity contribution in [2.24, 2.45) is 5.10 Å². The molecule has 0 atom stereocenters. The molecule has 0 aliphatic carbocycles. The predicted molar refractivity (Wildman–Crippen MR) is 165 cm³/mol. The monoisotopic (exact) mass is 675 g/mol. The first kappa shape index (κ1) is 28.1. The lowest BCUT2D eigenvalue weighted by molar-refractivity contribution is 0.0732. The lowest BCUT2D eigenvalue weighted by Gasteiger charge is -2.11. The average Bonchev–Trinajstić information content (AvgIpc) is 3.39. The van der Waals surface area contributed by atoms with Crippen LogP contribution in [0.4, 0.5) is 0 Å². The highest BCUT2D eigenvalue weighted by Crippen LogP contribution is 2.37. The van der Waals surface area contributed by atoms with Gasteiger partial charge >= 0.3 is 5.97 Å². The van der Waals surface area contributed by atoms with E-state index in [-0.39, 0.29) is 5.75 Å². The summed E-state index contributed by atoms with van der Waals surface area (Å²) >= 11 is 6.91. The van der Waals surface area contributed by atoms with Gasteiger partial charge in [-0.15, -0.1) is 0 Å². The Morgan fingerprint density at radius 3 is 2.44 bits per heavy atom. The molecular weight excluding hydrogens is 654 g/mol. The molecule has 0 saturated carbocycles. The maximum Gasteiger partial charge on any atom is 0.343 e. The van der Waals surface area contributed by atoms with Gasteiger partial charge in [-0.1, -0.05) is 64.5 Å². The summed E-state index contributed by atoms with van der Waals surface area (Å²) in [5.74, 6) is 0.346. The molecule has 10 heteroatoms. The molecule has 5 rings (SSSR count). The first-order valence-electron chi connectivity index (χ1n) is 12.3. The third-order valence-corrected chi connectivity index (χ3v) is 7.26. The topological polar surface area (TPSA) is 102 Å².